The lowest BCUT2D eigenvalue weighted by Gasteiger charge is -2.09. The van der Waals surface area contributed by atoms with Gasteiger partial charge in [-0.25, -0.2) is 9.18 Å². The van der Waals surface area contributed by atoms with E-state index in [4.69, 9.17) is 9.84 Å². The molecule has 0 spiro atoms. The second-order valence-corrected chi connectivity index (χ2v) is 5.16. The van der Waals surface area contributed by atoms with Gasteiger partial charge in [0.1, 0.15) is 17.1 Å². The van der Waals surface area contributed by atoms with Crippen molar-refractivity contribution in [1.82, 2.24) is 0 Å². The molecular weight excluding hydrogens is 396 g/mol. The van der Waals surface area contributed by atoms with Gasteiger partial charge in [-0.05, 0) is 46.9 Å². The topological polar surface area (TPSA) is 89.7 Å². The number of carbonyl (C=O) groups is 1. The molecule has 0 aromatic heterocycles. The number of ether oxygens (including phenoxy) is 1. The van der Waals surface area contributed by atoms with Crippen LogP contribution in [0.5, 0.6) is 11.5 Å². The molecule has 0 aliphatic rings. The largest absolute Gasteiger partial charge is 0.478 e. The standard InChI is InChI=1S/C13H7FINO5/c14-7-1-3-9(13(17)18)12(5-7)21-11-4-2-8(15)6-10(11)16(19)20/h1-6H,(H,17,18). The molecule has 0 aliphatic carbocycles. The van der Waals surface area contributed by atoms with Gasteiger partial charge < -0.3 is 9.84 Å². The number of nitrogens with zero attached hydrogens (tertiary/aromatic N) is 1. The number of nitro benzene ring substituents is 1. The number of hydrogen-bond donors (Lipinski definition) is 1. The number of carboxylic acid groups (broad SMARTS) is 1. The fourth-order valence-corrected chi connectivity index (χ4v) is 2.07. The molecule has 0 aliphatic heterocycles. The normalized spacial score (nSPS) is 10.2. The molecule has 0 saturated carbocycles. The van der Waals surface area contributed by atoms with Crippen LogP contribution in [0.3, 0.4) is 0 Å². The van der Waals surface area contributed by atoms with Crippen molar-refractivity contribution in [3.05, 3.63) is 61.5 Å². The second-order valence-electron chi connectivity index (χ2n) is 3.92. The zero-order valence-corrected chi connectivity index (χ0v) is 12.4. The van der Waals surface area contributed by atoms with E-state index in [2.05, 4.69) is 0 Å². The van der Waals surface area contributed by atoms with Gasteiger partial charge in [0.15, 0.2) is 0 Å². The van der Waals surface area contributed by atoms with Crippen molar-refractivity contribution in [2.24, 2.45) is 0 Å². The fraction of sp³-hybridized carbons (Fsp3) is 0. The Kier molecular flexibility index (Phi) is 4.36. The van der Waals surface area contributed by atoms with E-state index in [0.717, 1.165) is 18.2 Å². The molecule has 0 unspecified atom stereocenters. The number of benzene rings is 2. The highest BCUT2D eigenvalue weighted by molar-refractivity contribution is 14.1. The summed E-state index contributed by atoms with van der Waals surface area (Å²) in [5.74, 6) is -2.48. The van der Waals surface area contributed by atoms with Crippen LogP contribution in [0.15, 0.2) is 36.4 Å². The maximum absolute atomic E-state index is 13.2. The lowest BCUT2D eigenvalue weighted by molar-refractivity contribution is -0.385. The predicted octanol–water partition coefficient (Wildman–Crippen LogP) is 3.83. The van der Waals surface area contributed by atoms with Crippen LogP contribution < -0.4 is 4.74 Å². The summed E-state index contributed by atoms with van der Waals surface area (Å²) in [4.78, 5) is 21.4. The van der Waals surface area contributed by atoms with E-state index in [9.17, 15) is 19.3 Å². The van der Waals surface area contributed by atoms with E-state index in [1.807, 2.05) is 22.6 Å². The summed E-state index contributed by atoms with van der Waals surface area (Å²) in [7, 11) is 0. The van der Waals surface area contributed by atoms with E-state index >= 15 is 0 Å². The molecule has 0 amide bonds. The highest BCUT2D eigenvalue weighted by Crippen LogP contribution is 2.34. The summed E-state index contributed by atoms with van der Waals surface area (Å²) in [6.45, 7) is 0. The van der Waals surface area contributed by atoms with Crippen LogP contribution in [-0.2, 0) is 0 Å². The first-order chi connectivity index (χ1) is 9.88. The first-order valence-electron chi connectivity index (χ1n) is 5.53. The molecule has 21 heavy (non-hydrogen) atoms. The van der Waals surface area contributed by atoms with Gasteiger partial charge in [0.25, 0.3) is 0 Å². The van der Waals surface area contributed by atoms with Crippen molar-refractivity contribution in [3.63, 3.8) is 0 Å². The molecule has 6 nitrogen and oxygen atoms in total. The Hall–Kier alpha value is -2.23. The van der Waals surface area contributed by atoms with E-state index in [0.29, 0.717) is 3.57 Å². The average Bonchev–Trinajstić information content (AvgIpc) is 2.40. The van der Waals surface area contributed by atoms with E-state index in [1.165, 1.54) is 12.1 Å². The Morgan fingerprint density at radius 3 is 2.57 bits per heavy atom. The van der Waals surface area contributed by atoms with Crippen LogP contribution in [0.1, 0.15) is 10.4 Å². The number of rotatable bonds is 4. The first kappa shape index (κ1) is 15.2. The maximum atomic E-state index is 13.2. The van der Waals surface area contributed by atoms with Gasteiger partial charge in [-0.15, -0.1) is 0 Å². The summed E-state index contributed by atoms with van der Waals surface area (Å²) in [6, 6.07) is 7.03. The van der Waals surface area contributed by atoms with Crippen molar-refractivity contribution >= 4 is 34.2 Å². The summed E-state index contributed by atoms with van der Waals surface area (Å²) in [5, 5.41) is 20.0. The summed E-state index contributed by atoms with van der Waals surface area (Å²) >= 11 is 1.90. The lowest BCUT2D eigenvalue weighted by Crippen LogP contribution is -2.02. The van der Waals surface area contributed by atoms with Gasteiger partial charge in [0.2, 0.25) is 5.75 Å². The molecule has 2 aromatic carbocycles. The van der Waals surface area contributed by atoms with Gasteiger partial charge in [0.05, 0.1) is 4.92 Å². The Balaban J connectivity index is 2.50. The molecule has 8 heteroatoms. The third-order valence-electron chi connectivity index (χ3n) is 2.51. The Morgan fingerprint density at radius 1 is 1.24 bits per heavy atom. The molecule has 0 heterocycles. The van der Waals surface area contributed by atoms with Crippen LogP contribution >= 0.6 is 22.6 Å². The van der Waals surface area contributed by atoms with Crippen LogP contribution in [0.4, 0.5) is 10.1 Å². The minimum absolute atomic E-state index is 0.159. The lowest BCUT2D eigenvalue weighted by atomic mass is 10.2. The monoisotopic (exact) mass is 403 g/mol. The minimum atomic E-state index is -1.32. The van der Waals surface area contributed by atoms with Crippen molar-refractivity contribution in [2.45, 2.75) is 0 Å². The van der Waals surface area contributed by atoms with Gasteiger partial charge in [-0.2, -0.15) is 0 Å². The summed E-state index contributed by atoms with van der Waals surface area (Å²) < 4.78 is 19.1. The predicted molar refractivity (Wildman–Crippen MR) is 79.2 cm³/mol. The van der Waals surface area contributed by atoms with Gasteiger partial charge in [0, 0.05) is 15.7 Å². The molecular formula is C13H7FINO5. The van der Waals surface area contributed by atoms with Crippen molar-refractivity contribution in [3.8, 4) is 11.5 Å². The molecule has 2 aromatic rings. The Bertz CT molecular complexity index is 734. The van der Waals surface area contributed by atoms with E-state index in [1.54, 1.807) is 6.07 Å². The Labute approximate surface area is 131 Å². The van der Waals surface area contributed by atoms with Crippen LogP contribution in [0.25, 0.3) is 0 Å². The second kappa shape index (κ2) is 6.04. The van der Waals surface area contributed by atoms with Crippen molar-refractivity contribution < 1.29 is 24.0 Å². The molecule has 1 N–H and O–H groups in total. The minimum Gasteiger partial charge on any atom is -0.478 e. The van der Waals surface area contributed by atoms with Crippen molar-refractivity contribution in [1.29, 1.82) is 0 Å². The average molecular weight is 403 g/mol. The van der Waals surface area contributed by atoms with Crippen molar-refractivity contribution in [2.75, 3.05) is 0 Å². The Morgan fingerprint density at radius 2 is 1.95 bits per heavy atom. The van der Waals surface area contributed by atoms with Gasteiger partial charge in [-0.1, -0.05) is 0 Å². The van der Waals surface area contributed by atoms with E-state index in [-0.39, 0.29) is 22.7 Å². The van der Waals surface area contributed by atoms with E-state index < -0.39 is 16.7 Å². The number of halogens is 2. The molecule has 0 fully saturated rings. The molecule has 0 radical (unpaired) electrons. The number of nitro groups is 1. The maximum Gasteiger partial charge on any atom is 0.339 e. The van der Waals surface area contributed by atoms with Gasteiger partial charge in [-0.3, -0.25) is 10.1 Å². The summed E-state index contributed by atoms with van der Waals surface area (Å²) in [5.41, 5.74) is -0.619. The van der Waals surface area contributed by atoms with Crippen LogP contribution in [0, 0.1) is 19.5 Å². The quantitative estimate of drug-likeness (QED) is 0.476. The third kappa shape index (κ3) is 3.45. The number of carboxylic acids is 1. The molecule has 108 valence electrons. The summed E-state index contributed by atoms with van der Waals surface area (Å²) in [6.07, 6.45) is 0. The first-order valence-corrected chi connectivity index (χ1v) is 6.61. The molecule has 0 bridgehead atoms. The zero-order valence-electron chi connectivity index (χ0n) is 10.2. The SMILES string of the molecule is O=C(O)c1ccc(F)cc1Oc1ccc(I)cc1[N+](=O)[O-]. The molecule has 2 rings (SSSR count). The third-order valence-corrected chi connectivity index (χ3v) is 3.18. The van der Waals surface area contributed by atoms with Crippen LogP contribution in [0.2, 0.25) is 0 Å². The molecule has 0 saturated heterocycles. The van der Waals surface area contributed by atoms with Gasteiger partial charge >= 0.3 is 11.7 Å². The highest BCUT2D eigenvalue weighted by atomic mass is 127. The smallest absolute Gasteiger partial charge is 0.339 e. The molecule has 0 atom stereocenters. The fourth-order valence-electron chi connectivity index (χ4n) is 1.60. The van der Waals surface area contributed by atoms with Crippen LogP contribution in [-0.4, -0.2) is 16.0 Å². The zero-order chi connectivity index (χ0) is 15.6. The number of hydrogen-bond acceptors (Lipinski definition) is 4. The number of aromatic carboxylic acids is 1. The highest BCUT2D eigenvalue weighted by Gasteiger charge is 2.19.